The number of rotatable bonds is 10. The monoisotopic (exact) mass is 465 g/mol. The first-order valence-corrected chi connectivity index (χ1v) is 10.1. The molecular weight excluding hydrogens is 446 g/mol. The van der Waals surface area contributed by atoms with E-state index in [4.69, 9.17) is 9.57 Å². The Morgan fingerprint density at radius 3 is 2.22 bits per heavy atom. The van der Waals surface area contributed by atoms with Crippen LogP contribution in [0.25, 0.3) is 11.0 Å². The Bertz CT molecular complexity index is 637. The fourth-order valence-electron chi connectivity index (χ4n) is 2.27. The summed E-state index contributed by atoms with van der Waals surface area (Å²) < 4.78 is 15.5. The summed E-state index contributed by atoms with van der Waals surface area (Å²) in [6.45, 7) is 3.03. The predicted molar refractivity (Wildman–Crippen MR) is 101 cm³/mol. The molecule has 0 aliphatic carbocycles. The van der Waals surface area contributed by atoms with Crippen molar-refractivity contribution in [2.45, 2.75) is 45.4 Å². The van der Waals surface area contributed by atoms with E-state index in [1.165, 1.54) is 32.1 Å². The van der Waals surface area contributed by atoms with Crippen LogP contribution in [0.15, 0.2) is 8.95 Å². The molecule has 0 spiro atoms. The van der Waals surface area contributed by atoms with Crippen molar-refractivity contribution < 1.29 is 9.57 Å². The molecule has 8 heteroatoms. The van der Waals surface area contributed by atoms with Gasteiger partial charge in [0.05, 0.1) is 27.8 Å². The number of hydrogen-bond donors (Lipinski definition) is 1. The third-order valence-corrected chi connectivity index (χ3v) is 5.52. The second-order valence-electron chi connectivity index (χ2n) is 5.22. The molecule has 5 nitrogen and oxygen atoms in total. The van der Waals surface area contributed by atoms with E-state index < -0.39 is 0 Å². The average molecular weight is 467 g/mol. The molecule has 2 rings (SSSR count). The van der Waals surface area contributed by atoms with E-state index in [2.05, 4.69) is 53.0 Å². The summed E-state index contributed by atoms with van der Waals surface area (Å²) in [5.41, 5.74) is 4.55. The third kappa shape index (κ3) is 4.78. The van der Waals surface area contributed by atoms with Crippen LogP contribution in [0, 0.1) is 0 Å². The summed E-state index contributed by atoms with van der Waals surface area (Å²) in [4.78, 5) is 5.73. The molecule has 0 aliphatic rings. The summed E-state index contributed by atoms with van der Waals surface area (Å²) in [6.07, 6.45) is 7.50. The number of aromatic nitrogens is 2. The minimum Gasteiger partial charge on any atom is -0.492 e. The van der Waals surface area contributed by atoms with Crippen molar-refractivity contribution in [3.63, 3.8) is 0 Å². The number of methoxy groups -OCH3 is 1. The molecule has 1 heterocycles. The normalized spacial score (nSPS) is 11.1. The first kappa shape index (κ1) is 18.9. The lowest BCUT2D eigenvalue weighted by molar-refractivity contribution is 0.183. The first-order valence-electron chi connectivity index (χ1n) is 7.77. The van der Waals surface area contributed by atoms with Crippen molar-refractivity contribution in [3.8, 4) is 11.5 Å². The van der Waals surface area contributed by atoms with Crippen LogP contribution < -0.4 is 15.1 Å². The van der Waals surface area contributed by atoms with E-state index in [-0.39, 0.29) is 0 Å². The Balaban J connectivity index is 1.93. The van der Waals surface area contributed by atoms with E-state index in [0.29, 0.717) is 11.5 Å². The molecule has 0 unspecified atom stereocenters. The fourth-order valence-corrected chi connectivity index (χ4v) is 4.22. The molecule has 0 radical (unpaired) electrons. The summed E-state index contributed by atoms with van der Waals surface area (Å²) in [6, 6.07) is 0. The summed E-state index contributed by atoms with van der Waals surface area (Å²) in [5, 5.41) is 0. The molecule has 128 valence electrons. The van der Waals surface area contributed by atoms with Gasteiger partial charge in [0, 0.05) is 6.54 Å². The quantitative estimate of drug-likeness (QED) is 0.371. The maximum absolute atomic E-state index is 5.73. The lowest BCUT2D eigenvalue weighted by Crippen LogP contribution is -2.20. The van der Waals surface area contributed by atoms with E-state index >= 15 is 0 Å². The molecule has 0 fully saturated rings. The van der Waals surface area contributed by atoms with E-state index in [9.17, 15) is 0 Å². The molecule has 0 atom stereocenters. The molecule has 0 amide bonds. The van der Waals surface area contributed by atoms with Gasteiger partial charge in [-0.2, -0.15) is 14.2 Å². The van der Waals surface area contributed by atoms with Crippen molar-refractivity contribution in [3.05, 3.63) is 8.95 Å². The summed E-state index contributed by atoms with van der Waals surface area (Å²) in [5.74, 6) is 1.19. The van der Waals surface area contributed by atoms with Gasteiger partial charge in [-0.3, -0.25) is 0 Å². The van der Waals surface area contributed by atoms with Crippen molar-refractivity contribution in [2.75, 3.05) is 13.7 Å². The van der Waals surface area contributed by atoms with Crippen molar-refractivity contribution in [1.29, 1.82) is 0 Å². The number of nitrogens with one attached hydrogen (secondary N) is 1. The van der Waals surface area contributed by atoms with Crippen LogP contribution in [0.5, 0.6) is 11.5 Å². The number of unbranched alkanes of at least 4 members (excludes halogenated alkanes) is 5. The van der Waals surface area contributed by atoms with Gasteiger partial charge in [0.1, 0.15) is 11.0 Å². The van der Waals surface area contributed by atoms with Crippen LogP contribution in [0.2, 0.25) is 0 Å². The van der Waals surface area contributed by atoms with Gasteiger partial charge in [-0.25, -0.2) is 0 Å². The highest BCUT2D eigenvalue weighted by molar-refractivity contribution is 9.11. The van der Waals surface area contributed by atoms with Gasteiger partial charge in [-0.1, -0.05) is 39.0 Å². The minimum absolute atomic E-state index is 0.588. The zero-order chi connectivity index (χ0) is 16.7. The van der Waals surface area contributed by atoms with E-state index in [1.54, 1.807) is 7.11 Å². The fraction of sp³-hybridized carbons (Fsp3) is 0.600. The molecule has 23 heavy (non-hydrogen) atoms. The van der Waals surface area contributed by atoms with Gasteiger partial charge in [-0.05, 0) is 38.3 Å². The highest BCUT2D eigenvalue weighted by atomic mass is 79.9. The van der Waals surface area contributed by atoms with Gasteiger partial charge in [0.15, 0.2) is 5.75 Å². The third-order valence-electron chi connectivity index (χ3n) is 3.52. The Labute approximate surface area is 157 Å². The lowest BCUT2D eigenvalue weighted by Gasteiger charge is -2.14. The zero-order valence-electron chi connectivity index (χ0n) is 13.3. The summed E-state index contributed by atoms with van der Waals surface area (Å²) in [7, 11) is 1.61. The lowest BCUT2D eigenvalue weighted by atomic mass is 10.1. The smallest absolute Gasteiger partial charge is 0.206 e. The molecule has 1 aromatic heterocycles. The average Bonchev–Trinajstić information content (AvgIpc) is 3.04. The number of nitrogens with zero attached hydrogens (tertiary/aromatic N) is 2. The molecule has 1 N–H and O–H groups in total. The first-order chi connectivity index (χ1) is 11.2. The SMILES string of the molecule is CCCCCCCCNOc1c(OC)c(Br)c2nsnc2c1Br. The highest BCUT2D eigenvalue weighted by Crippen LogP contribution is 2.46. The topological polar surface area (TPSA) is 56.3 Å². The number of benzene rings is 1. The molecular formula is C15H21Br2N3O2S. The van der Waals surface area contributed by atoms with Gasteiger partial charge in [0.25, 0.3) is 0 Å². The largest absolute Gasteiger partial charge is 0.492 e. The molecule has 2 aromatic rings. The molecule has 0 bridgehead atoms. The highest BCUT2D eigenvalue weighted by Gasteiger charge is 2.22. The Morgan fingerprint density at radius 1 is 0.957 bits per heavy atom. The van der Waals surface area contributed by atoms with E-state index in [1.807, 2.05) is 0 Å². The molecule has 1 aromatic carbocycles. The summed E-state index contributed by atoms with van der Waals surface area (Å²) >= 11 is 8.21. The standard InChI is InChI=1S/C15H21Br2N3O2S/c1-3-4-5-6-7-8-9-18-22-15-11(17)13-12(19-23-20-13)10(16)14(15)21-2/h18H,3-9H2,1-2H3. The number of hydrogen-bond acceptors (Lipinski definition) is 6. The van der Waals surface area contributed by atoms with Crippen molar-refractivity contribution in [1.82, 2.24) is 14.2 Å². The number of fused-ring (bicyclic) bond motifs is 1. The molecule has 0 saturated carbocycles. The second kappa shape index (κ2) is 9.76. The van der Waals surface area contributed by atoms with Gasteiger partial charge >= 0.3 is 0 Å². The second-order valence-corrected chi connectivity index (χ2v) is 7.33. The van der Waals surface area contributed by atoms with Crippen LogP contribution in [0.1, 0.15) is 45.4 Å². The minimum atomic E-state index is 0.588. The molecule has 0 saturated heterocycles. The van der Waals surface area contributed by atoms with Crippen LogP contribution in [-0.2, 0) is 0 Å². The van der Waals surface area contributed by atoms with E-state index in [0.717, 1.165) is 44.7 Å². The maximum atomic E-state index is 5.73. The zero-order valence-corrected chi connectivity index (χ0v) is 17.3. The number of hydroxylamine groups is 1. The van der Waals surface area contributed by atoms with Crippen molar-refractivity contribution >= 4 is 54.6 Å². The van der Waals surface area contributed by atoms with Gasteiger partial charge in [0.2, 0.25) is 5.75 Å². The Morgan fingerprint density at radius 2 is 1.57 bits per heavy atom. The van der Waals surface area contributed by atoms with Crippen LogP contribution >= 0.6 is 43.6 Å². The Hall–Kier alpha value is -0.440. The van der Waals surface area contributed by atoms with Crippen LogP contribution in [-0.4, -0.2) is 22.4 Å². The van der Waals surface area contributed by atoms with Crippen LogP contribution in [0.4, 0.5) is 0 Å². The van der Waals surface area contributed by atoms with Gasteiger partial charge < -0.3 is 9.57 Å². The Kier molecular flexibility index (Phi) is 8.02. The number of ether oxygens (including phenoxy) is 1. The molecule has 0 aliphatic heterocycles. The van der Waals surface area contributed by atoms with Gasteiger partial charge in [-0.15, -0.1) is 0 Å². The predicted octanol–water partition coefficient (Wildman–Crippen LogP) is 5.47. The number of halogens is 2. The van der Waals surface area contributed by atoms with Crippen LogP contribution in [0.3, 0.4) is 0 Å². The maximum Gasteiger partial charge on any atom is 0.206 e. The van der Waals surface area contributed by atoms with Crippen molar-refractivity contribution in [2.24, 2.45) is 0 Å².